The topological polar surface area (TPSA) is 37.3 Å². The highest BCUT2D eigenvalue weighted by atomic mass is 31.2. The van der Waals surface area contributed by atoms with Crippen LogP contribution in [0.2, 0.25) is 0 Å². The predicted octanol–water partition coefficient (Wildman–Crippen LogP) is 2.45. The van der Waals surface area contributed by atoms with Crippen LogP contribution in [0, 0.1) is 0 Å². The van der Waals surface area contributed by atoms with Crippen LogP contribution in [-0.4, -0.2) is 34.6 Å². The largest absolute Gasteiger partial charge is 0.344 e. The Kier molecular flexibility index (Phi) is 12.5. The van der Waals surface area contributed by atoms with Crippen molar-refractivity contribution in [3.8, 4) is 0 Å². The van der Waals surface area contributed by atoms with Gasteiger partial charge >= 0.3 is 0 Å². The molecule has 0 aliphatic heterocycles. The molecule has 0 radical (unpaired) electrons. The van der Waals surface area contributed by atoms with E-state index < -0.39 is 7.37 Å². The SMILES string of the molecule is CCCCCP(=O)(O)CCCCC.[AlH3]. The first-order valence-electron chi connectivity index (χ1n) is 5.43. The van der Waals surface area contributed by atoms with Gasteiger partial charge in [0.2, 0.25) is 7.37 Å². The van der Waals surface area contributed by atoms with Crippen LogP contribution < -0.4 is 0 Å². The molecular formula is C10H26AlO2P. The summed E-state index contributed by atoms with van der Waals surface area (Å²) in [5, 5.41) is 0. The number of rotatable bonds is 8. The number of hydrogen-bond donors (Lipinski definition) is 1. The minimum atomic E-state index is -2.75. The first kappa shape index (κ1) is 17.1. The second-order valence-electron chi connectivity index (χ2n) is 3.71. The standard InChI is InChI=1S/C10H23O2P.Al.3H/c1-3-5-7-9-13(11,12)10-8-6-4-2;;;;/h3-10H2,1-2H3,(H,11,12);;;;. The van der Waals surface area contributed by atoms with Crippen LogP contribution in [0.3, 0.4) is 0 Å². The molecule has 2 nitrogen and oxygen atoms in total. The highest BCUT2D eigenvalue weighted by molar-refractivity contribution is 7.57. The zero-order valence-electron chi connectivity index (χ0n) is 8.96. The quantitative estimate of drug-likeness (QED) is 0.399. The molecule has 0 aromatic rings. The van der Waals surface area contributed by atoms with Crippen LogP contribution in [0.15, 0.2) is 0 Å². The molecule has 0 saturated carbocycles. The Bertz CT molecular complexity index is 148. The van der Waals surface area contributed by atoms with Crippen molar-refractivity contribution in [1.29, 1.82) is 0 Å². The Labute approximate surface area is 99.1 Å². The summed E-state index contributed by atoms with van der Waals surface area (Å²) in [6.45, 7) is 4.22. The molecule has 0 amide bonds. The Morgan fingerprint density at radius 2 is 1.29 bits per heavy atom. The van der Waals surface area contributed by atoms with Gasteiger partial charge in [0.1, 0.15) is 0 Å². The third-order valence-corrected chi connectivity index (χ3v) is 4.25. The molecule has 0 aliphatic rings. The molecule has 0 aromatic carbocycles. The fraction of sp³-hybridized carbons (Fsp3) is 1.00. The Morgan fingerprint density at radius 3 is 1.57 bits per heavy atom. The molecule has 0 aromatic heterocycles. The van der Waals surface area contributed by atoms with Gasteiger partial charge in [-0.2, -0.15) is 0 Å². The van der Waals surface area contributed by atoms with E-state index in [-0.39, 0.29) is 17.4 Å². The summed E-state index contributed by atoms with van der Waals surface area (Å²) in [6.07, 6.45) is 7.29. The van der Waals surface area contributed by atoms with Crippen LogP contribution in [-0.2, 0) is 4.57 Å². The molecule has 0 rings (SSSR count). The van der Waals surface area contributed by atoms with E-state index in [1.807, 2.05) is 0 Å². The molecule has 0 heterocycles. The zero-order valence-corrected chi connectivity index (χ0v) is 9.85. The van der Waals surface area contributed by atoms with Gasteiger partial charge in [-0.05, 0) is 12.8 Å². The van der Waals surface area contributed by atoms with Gasteiger partial charge in [0.15, 0.2) is 17.4 Å². The van der Waals surface area contributed by atoms with Crippen LogP contribution in [0.1, 0.15) is 52.4 Å². The van der Waals surface area contributed by atoms with Crippen molar-refractivity contribution in [3.05, 3.63) is 0 Å². The molecular weight excluding hydrogens is 210 g/mol. The van der Waals surface area contributed by atoms with E-state index in [0.717, 1.165) is 38.5 Å². The maximum atomic E-state index is 11.5. The molecule has 0 aliphatic carbocycles. The first-order chi connectivity index (χ1) is 6.12. The Morgan fingerprint density at radius 1 is 0.929 bits per heavy atom. The summed E-state index contributed by atoms with van der Waals surface area (Å²) in [7, 11) is -2.75. The molecule has 0 saturated heterocycles. The lowest BCUT2D eigenvalue weighted by atomic mass is 10.3. The van der Waals surface area contributed by atoms with Crippen molar-refractivity contribution in [2.45, 2.75) is 52.4 Å². The third kappa shape index (κ3) is 10.8. The average Bonchev–Trinajstić information content (AvgIpc) is 2.05. The monoisotopic (exact) mass is 236 g/mol. The minimum Gasteiger partial charge on any atom is -0.344 e. The minimum absolute atomic E-state index is 0. The van der Waals surface area contributed by atoms with Crippen molar-refractivity contribution in [3.63, 3.8) is 0 Å². The van der Waals surface area contributed by atoms with Crippen LogP contribution >= 0.6 is 7.37 Å². The van der Waals surface area contributed by atoms with E-state index in [1.165, 1.54) is 0 Å². The smallest absolute Gasteiger partial charge is 0.200 e. The van der Waals surface area contributed by atoms with Crippen molar-refractivity contribution in [2.24, 2.45) is 0 Å². The van der Waals surface area contributed by atoms with E-state index in [4.69, 9.17) is 0 Å². The van der Waals surface area contributed by atoms with Gasteiger partial charge in [-0.1, -0.05) is 39.5 Å². The first-order valence-corrected chi connectivity index (χ1v) is 7.46. The normalized spacial score (nSPS) is 11.1. The molecule has 0 spiro atoms. The van der Waals surface area contributed by atoms with Gasteiger partial charge in [-0.3, -0.25) is 4.57 Å². The van der Waals surface area contributed by atoms with Gasteiger partial charge in [0.05, 0.1) is 0 Å². The summed E-state index contributed by atoms with van der Waals surface area (Å²) < 4.78 is 11.5. The molecule has 4 heteroatoms. The number of hydrogen-bond acceptors (Lipinski definition) is 1. The second-order valence-corrected chi connectivity index (χ2v) is 6.29. The van der Waals surface area contributed by atoms with Gasteiger partial charge in [-0.25, -0.2) is 0 Å². The van der Waals surface area contributed by atoms with Gasteiger partial charge in [-0.15, -0.1) is 0 Å². The van der Waals surface area contributed by atoms with E-state index in [1.54, 1.807) is 0 Å². The summed E-state index contributed by atoms with van der Waals surface area (Å²) in [6, 6.07) is 0. The lowest BCUT2D eigenvalue weighted by molar-refractivity contribution is 0.471. The van der Waals surface area contributed by atoms with Gasteiger partial charge in [0, 0.05) is 12.3 Å². The maximum Gasteiger partial charge on any atom is 0.200 e. The number of unbranched alkanes of at least 4 members (excludes halogenated alkanes) is 4. The molecule has 14 heavy (non-hydrogen) atoms. The summed E-state index contributed by atoms with van der Waals surface area (Å²) >= 11 is 0. The molecule has 0 fully saturated rings. The van der Waals surface area contributed by atoms with Crippen molar-refractivity contribution < 1.29 is 9.46 Å². The molecule has 0 unspecified atom stereocenters. The van der Waals surface area contributed by atoms with Crippen LogP contribution in [0.4, 0.5) is 0 Å². The zero-order chi connectivity index (χ0) is 10.2. The Balaban J connectivity index is 0. The highest BCUT2D eigenvalue weighted by Gasteiger charge is 2.15. The third-order valence-electron chi connectivity index (χ3n) is 2.22. The van der Waals surface area contributed by atoms with Gasteiger partial charge < -0.3 is 4.89 Å². The van der Waals surface area contributed by atoms with Crippen molar-refractivity contribution in [1.82, 2.24) is 0 Å². The average molecular weight is 236 g/mol. The maximum absolute atomic E-state index is 11.5. The molecule has 1 N–H and O–H groups in total. The van der Waals surface area contributed by atoms with E-state index in [0.29, 0.717) is 12.3 Å². The van der Waals surface area contributed by atoms with E-state index in [2.05, 4.69) is 13.8 Å². The van der Waals surface area contributed by atoms with E-state index >= 15 is 0 Å². The molecule has 0 atom stereocenters. The lowest BCUT2D eigenvalue weighted by Crippen LogP contribution is -1.95. The van der Waals surface area contributed by atoms with E-state index in [9.17, 15) is 9.46 Å². The van der Waals surface area contributed by atoms with Gasteiger partial charge in [0.25, 0.3) is 0 Å². The van der Waals surface area contributed by atoms with Crippen LogP contribution in [0.5, 0.6) is 0 Å². The summed E-state index contributed by atoms with van der Waals surface area (Å²) in [5.74, 6) is 0. The predicted molar refractivity (Wildman–Crippen MR) is 68.5 cm³/mol. The molecule has 86 valence electrons. The summed E-state index contributed by atoms with van der Waals surface area (Å²) in [4.78, 5) is 9.52. The fourth-order valence-corrected chi connectivity index (χ4v) is 2.99. The lowest BCUT2D eigenvalue weighted by Gasteiger charge is -2.10. The second kappa shape index (κ2) is 10.2. The summed E-state index contributed by atoms with van der Waals surface area (Å²) in [5.41, 5.74) is 0. The molecule has 0 bridgehead atoms. The fourth-order valence-electron chi connectivity index (χ4n) is 1.33. The highest BCUT2D eigenvalue weighted by Crippen LogP contribution is 2.42. The van der Waals surface area contributed by atoms with Crippen molar-refractivity contribution >= 4 is 24.7 Å². The Hall–Kier alpha value is 0.722. The van der Waals surface area contributed by atoms with Crippen LogP contribution in [0.25, 0.3) is 0 Å². The van der Waals surface area contributed by atoms with Crippen molar-refractivity contribution in [2.75, 3.05) is 12.3 Å².